The summed E-state index contributed by atoms with van der Waals surface area (Å²) >= 11 is 0. The fourth-order valence-corrected chi connectivity index (χ4v) is 2.53. The molecule has 0 aliphatic carbocycles. The summed E-state index contributed by atoms with van der Waals surface area (Å²) in [7, 11) is 0. The maximum Gasteiger partial charge on any atom is 0.170 e. The fourth-order valence-electron chi connectivity index (χ4n) is 2.53. The van der Waals surface area contributed by atoms with Crippen molar-refractivity contribution in [3.05, 3.63) is 12.2 Å². The Labute approximate surface area is 126 Å². The highest BCUT2D eigenvalue weighted by molar-refractivity contribution is 5.85. The third-order valence-electron chi connectivity index (χ3n) is 3.75. The molecule has 6 heteroatoms. The lowest BCUT2D eigenvalue weighted by Gasteiger charge is -2.34. The van der Waals surface area contributed by atoms with Crippen molar-refractivity contribution in [2.45, 2.75) is 52.8 Å². The molecule has 1 aliphatic rings. The predicted molar refractivity (Wildman–Crippen MR) is 80.0 cm³/mol. The minimum absolute atomic E-state index is 0.0957. The lowest BCUT2D eigenvalue weighted by Crippen LogP contribution is -2.49. The zero-order valence-corrected chi connectivity index (χ0v) is 13.5. The van der Waals surface area contributed by atoms with Crippen LogP contribution in [0.5, 0.6) is 0 Å². The average molecular weight is 294 g/mol. The number of ketones is 1. The molecule has 0 amide bonds. The van der Waals surface area contributed by atoms with Gasteiger partial charge < -0.3 is 4.74 Å². The van der Waals surface area contributed by atoms with Crippen LogP contribution in [-0.4, -0.2) is 57.3 Å². The number of ether oxygens (including phenoxy) is 1. The van der Waals surface area contributed by atoms with Gasteiger partial charge in [-0.1, -0.05) is 13.8 Å². The van der Waals surface area contributed by atoms with Gasteiger partial charge in [-0.2, -0.15) is 5.10 Å². The SMILES string of the molecule is CC(C)Cn1ncnc1CC(=O)C1CN(C(C)C)CCO1. The summed E-state index contributed by atoms with van der Waals surface area (Å²) in [5, 5.41) is 4.20. The molecule has 21 heavy (non-hydrogen) atoms. The van der Waals surface area contributed by atoms with E-state index in [1.807, 2.05) is 4.68 Å². The number of aromatic nitrogens is 3. The quantitative estimate of drug-likeness (QED) is 0.788. The van der Waals surface area contributed by atoms with Gasteiger partial charge >= 0.3 is 0 Å². The highest BCUT2D eigenvalue weighted by Crippen LogP contribution is 2.12. The van der Waals surface area contributed by atoms with Crippen LogP contribution >= 0.6 is 0 Å². The topological polar surface area (TPSA) is 60.2 Å². The second-order valence-electron chi connectivity index (χ2n) is 6.34. The Hall–Kier alpha value is -1.27. The number of Topliss-reactive ketones (excluding diaryl/α,β-unsaturated/α-hetero) is 1. The number of rotatable bonds is 6. The lowest BCUT2D eigenvalue weighted by atomic mass is 10.1. The molecule has 0 saturated carbocycles. The molecule has 1 aliphatic heterocycles. The molecule has 2 heterocycles. The van der Waals surface area contributed by atoms with E-state index in [2.05, 4.69) is 42.7 Å². The first-order valence-corrected chi connectivity index (χ1v) is 7.72. The van der Waals surface area contributed by atoms with Gasteiger partial charge in [-0.15, -0.1) is 0 Å². The third kappa shape index (κ3) is 4.35. The minimum Gasteiger partial charge on any atom is -0.368 e. The number of carbonyl (C=O) groups is 1. The molecule has 1 aromatic rings. The maximum atomic E-state index is 12.4. The van der Waals surface area contributed by atoms with Crippen molar-refractivity contribution in [2.24, 2.45) is 5.92 Å². The number of nitrogens with zero attached hydrogens (tertiary/aromatic N) is 4. The van der Waals surface area contributed by atoms with Crippen molar-refractivity contribution < 1.29 is 9.53 Å². The summed E-state index contributed by atoms with van der Waals surface area (Å²) < 4.78 is 7.47. The zero-order chi connectivity index (χ0) is 15.4. The summed E-state index contributed by atoms with van der Waals surface area (Å²) in [5.41, 5.74) is 0. The van der Waals surface area contributed by atoms with Gasteiger partial charge in [0.05, 0.1) is 13.0 Å². The van der Waals surface area contributed by atoms with Crippen molar-refractivity contribution >= 4 is 5.78 Å². The molecular formula is C15H26N4O2. The van der Waals surface area contributed by atoms with Gasteiger partial charge in [-0.3, -0.25) is 9.69 Å². The van der Waals surface area contributed by atoms with Crippen molar-refractivity contribution in [2.75, 3.05) is 19.7 Å². The minimum atomic E-state index is -0.342. The van der Waals surface area contributed by atoms with Gasteiger partial charge in [-0.25, -0.2) is 9.67 Å². The lowest BCUT2D eigenvalue weighted by molar-refractivity contribution is -0.136. The second kappa shape index (κ2) is 7.13. The molecule has 0 bridgehead atoms. The summed E-state index contributed by atoms with van der Waals surface area (Å²) in [6.45, 7) is 11.5. The average Bonchev–Trinajstić information content (AvgIpc) is 2.85. The van der Waals surface area contributed by atoms with Crippen LogP contribution in [0, 0.1) is 5.92 Å². The standard InChI is InChI=1S/C15H26N4O2/c1-11(2)8-19-15(16-10-17-19)7-13(20)14-9-18(12(3)4)5-6-21-14/h10-12,14H,5-9H2,1-4H3. The number of carbonyl (C=O) groups excluding carboxylic acids is 1. The van der Waals surface area contributed by atoms with Crippen LogP contribution < -0.4 is 0 Å². The Bertz CT molecular complexity index is 470. The van der Waals surface area contributed by atoms with Gasteiger partial charge in [0.25, 0.3) is 0 Å². The third-order valence-corrected chi connectivity index (χ3v) is 3.75. The van der Waals surface area contributed by atoms with E-state index in [1.54, 1.807) is 0 Å². The van der Waals surface area contributed by atoms with E-state index in [0.717, 1.165) is 18.9 Å². The first-order chi connectivity index (χ1) is 9.97. The van der Waals surface area contributed by atoms with Crippen LogP contribution in [0.3, 0.4) is 0 Å². The number of hydrogen-bond acceptors (Lipinski definition) is 5. The first kappa shape index (κ1) is 16.1. The Balaban J connectivity index is 1.96. The van der Waals surface area contributed by atoms with Gasteiger partial charge in [0.2, 0.25) is 0 Å². The molecule has 1 atom stereocenters. The molecule has 1 unspecified atom stereocenters. The molecule has 1 fully saturated rings. The maximum absolute atomic E-state index is 12.4. The molecule has 1 aromatic heterocycles. The predicted octanol–water partition coefficient (Wildman–Crippen LogP) is 1.15. The molecule has 0 aromatic carbocycles. The van der Waals surface area contributed by atoms with Crippen LogP contribution in [0.4, 0.5) is 0 Å². The summed E-state index contributed by atoms with van der Waals surface area (Å²) in [6.07, 6.45) is 1.47. The van der Waals surface area contributed by atoms with E-state index in [0.29, 0.717) is 31.5 Å². The Morgan fingerprint density at radius 2 is 2.19 bits per heavy atom. The highest BCUT2D eigenvalue weighted by Gasteiger charge is 2.28. The van der Waals surface area contributed by atoms with Gasteiger partial charge in [0.1, 0.15) is 18.3 Å². The molecule has 2 rings (SSSR count). The number of morpholine rings is 1. The van der Waals surface area contributed by atoms with E-state index in [4.69, 9.17) is 4.74 Å². The van der Waals surface area contributed by atoms with E-state index in [1.165, 1.54) is 6.33 Å². The van der Waals surface area contributed by atoms with Crippen LogP contribution in [0.2, 0.25) is 0 Å². The van der Waals surface area contributed by atoms with Gasteiger partial charge in [0.15, 0.2) is 5.78 Å². The summed E-state index contributed by atoms with van der Waals surface area (Å²) in [6, 6.07) is 0.439. The van der Waals surface area contributed by atoms with Crippen molar-refractivity contribution in [1.29, 1.82) is 0 Å². The molecule has 0 N–H and O–H groups in total. The van der Waals surface area contributed by atoms with Crippen LogP contribution in [0.1, 0.15) is 33.5 Å². The van der Waals surface area contributed by atoms with Crippen molar-refractivity contribution in [1.82, 2.24) is 19.7 Å². The molecule has 1 saturated heterocycles. The Kier molecular flexibility index (Phi) is 5.47. The molecule has 0 radical (unpaired) electrons. The molecule has 6 nitrogen and oxygen atoms in total. The van der Waals surface area contributed by atoms with E-state index in [9.17, 15) is 4.79 Å². The van der Waals surface area contributed by atoms with Gasteiger partial charge in [-0.05, 0) is 19.8 Å². The van der Waals surface area contributed by atoms with Gasteiger partial charge in [0, 0.05) is 25.7 Å². The van der Waals surface area contributed by atoms with Crippen LogP contribution in [0.15, 0.2) is 6.33 Å². The largest absolute Gasteiger partial charge is 0.368 e. The van der Waals surface area contributed by atoms with Crippen molar-refractivity contribution in [3.8, 4) is 0 Å². The molecule has 0 spiro atoms. The highest BCUT2D eigenvalue weighted by atomic mass is 16.5. The van der Waals surface area contributed by atoms with E-state index >= 15 is 0 Å². The number of hydrogen-bond donors (Lipinski definition) is 0. The normalized spacial score (nSPS) is 20.4. The summed E-state index contributed by atoms with van der Waals surface area (Å²) in [4.78, 5) is 18.9. The second-order valence-corrected chi connectivity index (χ2v) is 6.34. The monoisotopic (exact) mass is 294 g/mol. The van der Waals surface area contributed by atoms with E-state index in [-0.39, 0.29) is 11.9 Å². The van der Waals surface area contributed by atoms with Crippen molar-refractivity contribution in [3.63, 3.8) is 0 Å². The first-order valence-electron chi connectivity index (χ1n) is 7.72. The van der Waals surface area contributed by atoms with Crippen LogP contribution in [0.25, 0.3) is 0 Å². The van der Waals surface area contributed by atoms with E-state index < -0.39 is 0 Å². The fraction of sp³-hybridized carbons (Fsp3) is 0.800. The Morgan fingerprint density at radius 3 is 2.86 bits per heavy atom. The smallest absolute Gasteiger partial charge is 0.170 e. The molecule has 118 valence electrons. The summed E-state index contributed by atoms with van der Waals surface area (Å²) in [5.74, 6) is 1.31. The Morgan fingerprint density at radius 1 is 1.43 bits per heavy atom. The van der Waals surface area contributed by atoms with Crippen LogP contribution in [-0.2, 0) is 22.5 Å². The molecular weight excluding hydrogens is 268 g/mol. The zero-order valence-electron chi connectivity index (χ0n) is 13.5.